The predicted octanol–water partition coefficient (Wildman–Crippen LogP) is 0.136. The van der Waals surface area contributed by atoms with Crippen molar-refractivity contribution in [3.8, 4) is 0 Å². The second-order valence-electron chi connectivity index (χ2n) is 6.43. The molecule has 7 N–H and O–H groups in total. The molecule has 0 aromatic carbocycles. The van der Waals surface area contributed by atoms with Gasteiger partial charge < -0.3 is 17.2 Å². The van der Waals surface area contributed by atoms with Gasteiger partial charge in [-0.1, -0.05) is 27.2 Å². The van der Waals surface area contributed by atoms with Crippen molar-refractivity contribution in [2.24, 2.45) is 34.5 Å². The fraction of sp³-hybridized carbons (Fsp3) is 0.923. The average molecular weight is 256 g/mol. The van der Waals surface area contributed by atoms with E-state index in [2.05, 4.69) is 5.32 Å². The van der Waals surface area contributed by atoms with Crippen molar-refractivity contribution in [3.05, 3.63) is 0 Å². The highest BCUT2D eigenvalue weighted by Gasteiger charge is 2.38. The average Bonchev–Trinajstić information content (AvgIpc) is 2.71. The second-order valence-corrected chi connectivity index (χ2v) is 6.43. The molecule has 0 spiro atoms. The number of ketones is 1. The lowest BCUT2D eigenvalue weighted by Crippen LogP contribution is -2.50. The van der Waals surface area contributed by atoms with Gasteiger partial charge in [0.25, 0.3) is 0 Å². The first-order chi connectivity index (χ1) is 8.23. The summed E-state index contributed by atoms with van der Waals surface area (Å²) < 4.78 is 0. The van der Waals surface area contributed by atoms with E-state index in [1.54, 1.807) is 0 Å². The van der Waals surface area contributed by atoms with E-state index < -0.39 is 6.29 Å². The Bertz CT molecular complexity index is 285. The summed E-state index contributed by atoms with van der Waals surface area (Å²) in [6, 6.07) is -0.367. The molecule has 1 aliphatic rings. The van der Waals surface area contributed by atoms with Gasteiger partial charge in [-0.3, -0.25) is 10.1 Å². The quantitative estimate of drug-likeness (QED) is 0.523. The Kier molecular flexibility index (Phi) is 5.28. The molecule has 3 atom stereocenters. The molecule has 0 radical (unpaired) electrons. The van der Waals surface area contributed by atoms with Crippen LogP contribution in [0.25, 0.3) is 0 Å². The van der Waals surface area contributed by atoms with E-state index in [0.29, 0.717) is 5.92 Å². The van der Waals surface area contributed by atoms with E-state index in [9.17, 15) is 4.79 Å². The molecule has 0 bridgehead atoms. The number of nitrogens with two attached hydrogens (primary N) is 3. The Morgan fingerprint density at radius 2 is 1.89 bits per heavy atom. The molecule has 0 aromatic heterocycles. The van der Waals surface area contributed by atoms with Crippen LogP contribution in [-0.2, 0) is 4.79 Å². The summed E-state index contributed by atoms with van der Waals surface area (Å²) in [6.45, 7) is 6.51. The third kappa shape index (κ3) is 4.02. The Morgan fingerprint density at radius 1 is 1.28 bits per heavy atom. The summed E-state index contributed by atoms with van der Waals surface area (Å²) >= 11 is 0. The fourth-order valence-electron chi connectivity index (χ4n) is 2.77. The standard InChI is InChI=1S/C13H28N4O/c1-13(2,3)11(18)10(14)9-6-4-5-8(9)7-17-12(15)16/h8-10,12,17H,4-7,14-16H2,1-3H3. The molecular formula is C13H28N4O. The topological polar surface area (TPSA) is 107 Å². The van der Waals surface area contributed by atoms with Crippen LogP contribution in [0.5, 0.6) is 0 Å². The minimum Gasteiger partial charge on any atom is -0.321 e. The van der Waals surface area contributed by atoms with E-state index in [-0.39, 0.29) is 23.2 Å². The summed E-state index contributed by atoms with van der Waals surface area (Å²) in [5.41, 5.74) is 16.8. The number of hydrogen-bond acceptors (Lipinski definition) is 5. The van der Waals surface area contributed by atoms with Crippen LogP contribution in [0.4, 0.5) is 0 Å². The molecule has 1 aliphatic carbocycles. The molecule has 3 unspecified atom stereocenters. The van der Waals surface area contributed by atoms with Gasteiger partial charge in [-0.25, -0.2) is 0 Å². The lowest BCUT2D eigenvalue weighted by atomic mass is 9.78. The summed E-state index contributed by atoms with van der Waals surface area (Å²) in [5.74, 6) is 0.806. The lowest BCUT2D eigenvalue weighted by molar-refractivity contribution is -0.129. The van der Waals surface area contributed by atoms with Gasteiger partial charge in [0, 0.05) is 12.0 Å². The maximum absolute atomic E-state index is 12.2. The monoisotopic (exact) mass is 256 g/mol. The summed E-state index contributed by atoms with van der Waals surface area (Å²) in [7, 11) is 0. The van der Waals surface area contributed by atoms with Crippen molar-refractivity contribution in [1.82, 2.24) is 5.32 Å². The number of nitrogens with one attached hydrogen (secondary N) is 1. The Labute approximate surface area is 110 Å². The summed E-state index contributed by atoms with van der Waals surface area (Å²) in [6.07, 6.45) is 2.74. The predicted molar refractivity (Wildman–Crippen MR) is 73.4 cm³/mol. The Hall–Kier alpha value is -0.490. The number of carbonyl (C=O) groups excluding carboxylic acids is 1. The van der Waals surface area contributed by atoms with Crippen LogP contribution in [0.3, 0.4) is 0 Å². The number of rotatable bonds is 5. The first-order valence-corrected chi connectivity index (χ1v) is 6.78. The lowest BCUT2D eigenvalue weighted by Gasteiger charge is -2.30. The van der Waals surface area contributed by atoms with Gasteiger partial charge in [0.2, 0.25) is 0 Å². The molecule has 5 nitrogen and oxygen atoms in total. The third-order valence-electron chi connectivity index (χ3n) is 3.84. The van der Waals surface area contributed by atoms with Gasteiger partial charge in [-0.2, -0.15) is 0 Å². The molecule has 0 heterocycles. The third-order valence-corrected chi connectivity index (χ3v) is 3.84. The van der Waals surface area contributed by atoms with Crippen LogP contribution >= 0.6 is 0 Å². The van der Waals surface area contributed by atoms with E-state index >= 15 is 0 Å². The number of Topliss-reactive ketones (excluding diaryl/α,β-unsaturated/α-hetero) is 1. The maximum Gasteiger partial charge on any atom is 0.155 e. The minimum absolute atomic E-state index is 0.149. The van der Waals surface area contributed by atoms with Crippen molar-refractivity contribution in [1.29, 1.82) is 0 Å². The molecule has 0 amide bonds. The van der Waals surface area contributed by atoms with Gasteiger partial charge in [0.05, 0.1) is 6.04 Å². The van der Waals surface area contributed by atoms with E-state index in [4.69, 9.17) is 17.2 Å². The van der Waals surface area contributed by atoms with Gasteiger partial charge in [0.1, 0.15) is 6.29 Å². The van der Waals surface area contributed by atoms with E-state index in [1.165, 1.54) is 0 Å². The zero-order valence-corrected chi connectivity index (χ0v) is 11.8. The molecule has 106 valence electrons. The highest BCUT2D eigenvalue weighted by atomic mass is 16.1. The largest absolute Gasteiger partial charge is 0.321 e. The molecule has 0 aromatic rings. The molecule has 18 heavy (non-hydrogen) atoms. The van der Waals surface area contributed by atoms with Gasteiger partial charge >= 0.3 is 0 Å². The SMILES string of the molecule is CC(C)(C)C(=O)C(N)C1CCCC1CNC(N)N. The van der Waals surface area contributed by atoms with Crippen LogP contribution in [0, 0.1) is 17.3 Å². The molecular weight excluding hydrogens is 228 g/mol. The highest BCUT2D eigenvalue weighted by Crippen LogP contribution is 2.35. The molecule has 1 fully saturated rings. The summed E-state index contributed by atoms with van der Waals surface area (Å²) in [4.78, 5) is 12.2. The van der Waals surface area contributed by atoms with Gasteiger partial charge in [-0.05, 0) is 24.7 Å². The van der Waals surface area contributed by atoms with E-state index in [1.807, 2.05) is 20.8 Å². The van der Waals surface area contributed by atoms with Crippen molar-refractivity contribution in [2.45, 2.75) is 52.4 Å². The first-order valence-electron chi connectivity index (χ1n) is 6.78. The van der Waals surface area contributed by atoms with Crippen LogP contribution in [-0.4, -0.2) is 24.7 Å². The molecule has 5 heteroatoms. The fourth-order valence-corrected chi connectivity index (χ4v) is 2.77. The van der Waals surface area contributed by atoms with Crippen LogP contribution in [0.1, 0.15) is 40.0 Å². The number of carbonyl (C=O) groups is 1. The minimum atomic E-state index is -0.499. The van der Waals surface area contributed by atoms with Crippen molar-refractivity contribution in [2.75, 3.05) is 6.54 Å². The molecule has 0 aliphatic heterocycles. The summed E-state index contributed by atoms with van der Waals surface area (Å²) in [5, 5.41) is 3.04. The normalized spacial score (nSPS) is 26.6. The van der Waals surface area contributed by atoms with Crippen LogP contribution in [0.15, 0.2) is 0 Å². The molecule has 1 rings (SSSR count). The maximum atomic E-state index is 12.2. The first kappa shape index (κ1) is 15.6. The van der Waals surface area contributed by atoms with E-state index in [0.717, 1.165) is 25.8 Å². The Morgan fingerprint density at radius 3 is 2.39 bits per heavy atom. The smallest absolute Gasteiger partial charge is 0.155 e. The van der Waals surface area contributed by atoms with Crippen molar-refractivity contribution >= 4 is 5.78 Å². The van der Waals surface area contributed by atoms with Crippen molar-refractivity contribution < 1.29 is 4.79 Å². The zero-order valence-electron chi connectivity index (χ0n) is 11.8. The van der Waals surface area contributed by atoms with Crippen LogP contribution < -0.4 is 22.5 Å². The highest BCUT2D eigenvalue weighted by molar-refractivity contribution is 5.88. The zero-order chi connectivity index (χ0) is 13.9. The number of hydrogen-bond donors (Lipinski definition) is 4. The van der Waals surface area contributed by atoms with Gasteiger partial charge in [-0.15, -0.1) is 0 Å². The molecule has 1 saturated carbocycles. The van der Waals surface area contributed by atoms with Gasteiger partial charge in [0.15, 0.2) is 5.78 Å². The van der Waals surface area contributed by atoms with Crippen LogP contribution in [0.2, 0.25) is 0 Å². The molecule has 0 saturated heterocycles. The van der Waals surface area contributed by atoms with Crippen molar-refractivity contribution in [3.63, 3.8) is 0 Å². The second kappa shape index (κ2) is 6.10. The Balaban J connectivity index is 2.61.